The summed E-state index contributed by atoms with van der Waals surface area (Å²) in [6.45, 7) is 0. The van der Waals surface area contributed by atoms with Crippen molar-refractivity contribution in [3.8, 4) is 11.5 Å². The van der Waals surface area contributed by atoms with Crippen molar-refractivity contribution in [2.75, 3.05) is 4.72 Å². The number of sulfonamides is 1. The molecule has 1 N–H and O–H groups in total. The summed E-state index contributed by atoms with van der Waals surface area (Å²) in [6, 6.07) is 23.7. The van der Waals surface area contributed by atoms with E-state index in [1.54, 1.807) is 73.1 Å². The van der Waals surface area contributed by atoms with Crippen molar-refractivity contribution in [3.05, 3.63) is 113 Å². The standard InChI is InChI=1S/C27H23ClN2O4S/c28-22-6-11-25(12-7-22)34-26-13-8-23(9-14-26)30-35(32,33)27-15-4-20(5-16-27)18-24(31)10-3-21-2-1-17-29-19-21/h1-2,4-9,11-17,19,30H,3,10,18H2. The summed E-state index contributed by atoms with van der Waals surface area (Å²) in [4.78, 5) is 16.5. The fourth-order valence-electron chi connectivity index (χ4n) is 3.38. The van der Waals surface area contributed by atoms with Crippen LogP contribution in [0.3, 0.4) is 0 Å². The number of Topliss-reactive ketones (excluding diaryl/α,β-unsaturated/α-hetero) is 1. The highest BCUT2D eigenvalue weighted by atomic mass is 35.5. The number of ether oxygens (including phenoxy) is 1. The van der Waals surface area contributed by atoms with Gasteiger partial charge in [0.1, 0.15) is 17.3 Å². The number of aromatic nitrogens is 1. The zero-order valence-corrected chi connectivity index (χ0v) is 20.3. The molecule has 0 aliphatic rings. The minimum absolute atomic E-state index is 0.0866. The molecule has 4 aromatic rings. The number of carbonyl (C=O) groups is 1. The first-order chi connectivity index (χ1) is 16.9. The van der Waals surface area contributed by atoms with Crippen LogP contribution in [0.5, 0.6) is 11.5 Å². The molecule has 3 aromatic carbocycles. The van der Waals surface area contributed by atoms with Crippen LogP contribution >= 0.6 is 11.6 Å². The molecule has 0 radical (unpaired) electrons. The Kier molecular flexibility index (Phi) is 7.80. The molecular formula is C27H23ClN2O4S. The van der Waals surface area contributed by atoms with Gasteiger partial charge in [0, 0.05) is 35.9 Å². The molecule has 0 amide bonds. The van der Waals surface area contributed by atoms with Crippen LogP contribution in [0.15, 0.2) is 102 Å². The van der Waals surface area contributed by atoms with E-state index >= 15 is 0 Å². The molecule has 178 valence electrons. The van der Waals surface area contributed by atoms with Gasteiger partial charge in [-0.15, -0.1) is 0 Å². The van der Waals surface area contributed by atoms with Gasteiger partial charge in [0.15, 0.2) is 0 Å². The van der Waals surface area contributed by atoms with Crippen LogP contribution in [0.4, 0.5) is 5.69 Å². The quantitative estimate of drug-likeness (QED) is 0.282. The third-order valence-corrected chi connectivity index (χ3v) is 6.86. The number of benzene rings is 3. The van der Waals surface area contributed by atoms with E-state index in [0.29, 0.717) is 35.1 Å². The second-order valence-electron chi connectivity index (χ2n) is 7.91. The van der Waals surface area contributed by atoms with E-state index < -0.39 is 10.0 Å². The number of rotatable bonds is 10. The first-order valence-corrected chi connectivity index (χ1v) is 12.8. The predicted octanol–water partition coefficient (Wildman–Crippen LogP) is 6.07. The number of hydrogen-bond acceptors (Lipinski definition) is 5. The minimum atomic E-state index is -3.78. The number of pyridine rings is 1. The minimum Gasteiger partial charge on any atom is -0.457 e. The predicted molar refractivity (Wildman–Crippen MR) is 136 cm³/mol. The third-order valence-electron chi connectivity index (χ3n) is 5.21. The molecule has 0 aliphatic heterocycles. The van der Waals surface area contributed by atoms with Crippen molar-refractivity contribution in [1.82, 2.24) is 4.98 Å². The highest BCUT2D eigenvalue weighted by Crippen LogP contribution is 2.25. The zero-order chi connectivity index (χ0) is 24.7. The average molecular weight is 507 g/mol. The fourth-order valence-corrected chi connectivity index (χ4v) is 4.56. The molecule has 6 nitrogen and oxygen atoms in total. The smallest absolute Gasteiger partial charge is 0.261 e. The van der Waals surface area contributed by atoms with Crippen molar-refractivity contribution >= 4 is 33.1 Å². The summed E-state index contributed by atoms with van der Waals surface area (Å²) in [5.74, 6) is 1.27. The van der Waals surface area contributed by atoms with Crippen molar-refractivity contribution in [2.45, 2.75) is 24.2 Å². The van der Waals surface area contributed by atoms with E-state index in [-0.39, 0.29) is 17.1 Å². The molecule has 0 saturated carbocycles. The Labute approximate surface area is 209 Å². The van der Waals surface area contributed by atoms with E-state index in [0.717, 1.165) is 11.1 Å². The summed E-state index contributed by atoms with van der Waals surface area (Å²) >= 11 is 5.87. The average Bonchev–Trinajstić information content (AvgIpc) is 2.86. The highest BCUT2D eigenvalue weighted by molar-refractivity contribution is 7.92. The van der Waals surface area contributed by atoms with E-state index in [1.165, 1.54) is 12.1 Å². The monoisotopic (exact) mass is 506 g/mol. The number of hydrogen-bond donors (Lipinski definition) is 1. The van der Waals surface area contributed by atoms with Crippen LogP contribution in [0, 0.1) is 0 Å². The highest BCUT2D eigenvalue weighted by Gasteiger charge is 2.15. The van der Waals surface area contributed by atoms with Crippen molar-refractivity contribution in [2.24, 2.45) is 0 Å². The molecule has 0 spiro atoms. The van der Waals surface area contributed by atoms with Crippen LogP contribution < -0.4 is 9.46 Å². The van der Waals surface area contributed by atoms with E-state index in [2.05, 4.69) is 9.71 Å². The number of ketones is 1. The summed E-state index contributed by atoms with van der Waals surface area (Å²) in [6.07, 6.45) is 4.74. The summed E-state index contributed by atoms with van der Waals surface area (Å²) in [7, 11) is -3.78. The summed E-state index contributed by atoms with van der Waals surface area (Å²) in [5, 5.41) is 0.613. The maximum absolute atomic E-state index is 12.8. The lowest BCUT2D eigenvalue weighted by molar-refractivity contribution is -0.118. The van der Waals surface area contributed by atoms with Gasteiger partial charge in [0.05, 0.1) is 4.90 Å². The van der Waals surface area contributed by atoms with Gasteiger partial charge in [-0.1, -0.05) is 29.8 Å². The molecule has 1 heterocycles. The lowest BCUT2D eigenvalue weighted by Gasteiger charge is -2.10. The molecule has 0 bridgehead atoms. The second kappa shape index (κ2) is 11.2. The van der Waals surface area contributed by atoms with E-state index in [4.69, 9.17) is 16.3 Å². The van der Waals surface area contributed by atoms with Gasteiger partial charge < -0.3 is 4.74 Å². The van der Waals surface area contributed by atoms with Gasteiger partial charge in [-0.25, -0.2) is 8.42 Å². The van der Waals surface area contributed by atoms with E-state index in [1.807, 2.05) is 12.1 Å². The van der Waals surface area contributed by atoms with Crippen molar-refractivity contribution < 1.29 is 17.9 Å². The molecule has 0 atom stereocenters. The van der Waals surface area contributed by atoms with Crippen LogP contribution in [0.1, 0.15) is 17.5 Å². The first-order valence-electron chi connectivity index (χ1n) is 10.9. The Morgan fingerprint density at radius 2 is 1.51 bits per heavy atom. The van der Waals surface area contributed by atoms with Crippen LogP contribution in [-0.2, 0) is 27.7 Å². The first kappa shape index (κ1) is 24.4. The van der Waals surface area contributed by atoms with Crippen LogP contribution in [-0.4, -0.2) is 19.2 Å². The maximum atomic E-state index is 12.8. The van der Waals surface area contributed by atoms with Crippen molar-refractivity contribution in [3.63, 3.8) is 0 Å². The van der Waals surface area contributed by atoms with E-state index in [9.17, 15) is 13.2 Å². The number of anilines is 1. The topological polar surface area (TPSA) is 85.4 Å². The number of carbonyl (C=O) groups excluding carboxylic acids is 1. The molecule has 35 heavy (non-hydrogen) atoms. The molecular weight excluding hydrogens is 484 g/mol. The third kappa shape index (κ3) is 7.15. The number of nitrogens with zero attached hydrogens (tertiary/aromatic N) is 1. The van der Waals surface area contributed by atoms with Gasteiger partial charge in [-0.3, -0.25) is 14.5 Å². The molecule has 8 heteroatoms. The Hall–Kier alpha value is -3.68. The van der Waals surface area contributed by atoms with Gasteiger partial charge in [0.2, 0.25) is 0 Å². The molecule has 0 fully saturated rings. The molecule has 1 aromatic heterocycles. The Bertz CT molecular complexity index is 1370. The number of nitrogens with one attached hydrogen (secondary N) is 1. The summed E-state index contributed by atoms with van der Waals surface area (Å²) < 4.78 is 33.8. The second-order valence-corrected chi connectivity index (χ2v) is 10.0. The Morgan fingerprint density at radius 3 is 2.14 bits per heavy atom. The van der Waals surface area contributed by atoms with Gasteiger partial charge in [-0.2, -0.15) is 0 Å². The molecule has 0 saturated heterocycles. The Balaban J connectivity index is 1.32. The Morgan fingerprint density at radius 1 is 0.857 bits per heavy atom. The summed E-state index contributed by atoms with van der Waals surface area (Å²) in [5.41, 5.74) is 2.19. The SMILES string of the molecule is O=C(CCc1cccnc1)Cc1ccc(S(=O)(=O)Nc2ccc(Oc3ccc(Cl)cc3)cc2)cc1. The lowest BCUT2D eigenvalue weighted by atomic mass is 10.0. The van der Waals surface area contributed by atoms with Gasteiger partial charge in [-0.05, 0) is 84.3 Å². The van der Waals surface area contributed by atoms with Crippen LogP contribution in [0.25, 0.3) is 0 Å². The normalized spacial score (nSPS) is 11.1. The number of aryl methyl sites for hydroxylation is 1. The molecule has 4 rings (SSSR count). The zero-order valence-electron chi connectivity index (χ0n) is 18.7. The van der Waals surface area contributed by atoms with Crippen molar-refractivity contribution in [1.29, 1.82) is 0 Å². The van der Waals surface area contributed by atoms with Gasteiger partial charge in [0.25, 0.3) is 10.0 Å². The maximum Gasteiger partial charge on any atom is 0.261 e. The van der Waals surface area contributed by atoms with Crippen LogP contribution in [0.2, 0.25) is 5.02 Å². The number of halogens is 1. The molecule has 0 aliphatic carbocycles. The molecule has 0 unspecified atom stereocenters. The largest absolute Gasteiger partial charge is 0.457 e. The fraction of sp³-hybridized carbons (Fsp3) is 0.111. The van der Waals surface area contributed by atoms with Gasteiger partial charge >= 0.3 is 0 Å². The lowest BCUT2D eigenvalue weighted by Crippen LogP contribution is -2.13.